The first kappa shape index (κ1) is 11.4. The molecule has 1 aromatic carbocycles. The van der Waals surface area contributed by atoms with Crippen molar-refractivity contribution in [2.24, 2.45) is 5.73 Å². The highest BCUT2D eigenvalue weighted by atomic mass is 35.5. The fourth-order valence-electron chi connectivity index (χ4n) is 1.05. The first-order chi connectivity index (χ1) is 6.49. The molecule has 0 amide bonds. The summed E-state index contributed by atoms with van der Waals surface area (Å²) >= 11 is 5.69. The smallest absolute Gasteiger partial charge is 0.289 e. The van der Waals surface area contributed by atoms with Gasteiger partial charge in [-0.05, 0) is 11.6 Å². The number of halogens is 3. The van der Waals surface area contributed by atoms with E-state index in [1.165, 1.54) is 12.1 Å². The second kappa shape index (κ2) is 4.21. The van der Waals surface area contributed by atoms with Crippen molar-refractivity contribution in [3.05, 3.63) is 34.9 Å². The highest BCUT2D eigenvalue weighted by Crippen LogP contribution is 2.32. The quantitative estimate of drug-likeness (QED) is 0.820. The molecule has 0 spiro atoms. The van der Waals surface area contributed by atoms with Crippen LogP contribution in [0.5, 0.6) is 0 Å². The van der Waals surface area contributed by atoms with Crippen LogP contribution in [0.4, 0.5) is 8.78 Å². The van der Waals surface area contributed by atoms with E-state index in [0.717, 1.165) is 0 Å². The lowest BCUT2D eigenvalue weighted by molar-refractivity contribution is -0.0711. The zero-order valence-electron chi connectivity index (χ0n) is 7.25. The van der Waals surface area contributed by atoms with Gasteiger partial charge >= 0.3 is 0 Å². The van der Waals surface area contributed by atoms with Crippen LogP contribution in [0.3, 0.4) is 0 Å². The van der Waals surface area contributed by atoms with Gasteiger partial charge in [-0.1, -0.05) is 29.8 Å². The standard InChI is InChI=1S/C9H10ClF2NO/c10-7-4-2-1-3-6(7)8(13)9(11,12)5-14/h1-4,8,14H,5,13H2/t8-/m1/s1. The molecule has 0 bridgehead atoms. The summed E-state index contributed by atoms with van der Waals surface area (Å²) in [6, 6.07) is 4.49. The molecule has 0 heterocycles. The van der Waals surface area contributed by atoms with Crippen molar-refractivity contribution in [1.29, 1.82) is 0 Å². The summed E-state index contributed by atoms with van der Waals surface area (Å²) in [5.41, 5.74) is 5.42. The predicted octanol–water partition coefficient (Wildman–Crippen LogP) is 1.97. The van der Waals surface area contributed by atoms with Crippen LogP contribution in [0.15, 0.2) is 24.3 Å². The molecular weight excluding hydrogens is 212 g/mol. The Morgan fingerprint density at radius 3 is 2.50 bits per heavy atom. The summed E-state index contributed by atoms with van der Waals surface area (Å²) in [5, 5.41) is 8.62. The second-order valence-corrected chi connectivity index (χ2v) is 3.33. The number of aliphatic hydroxyl groups excluding tert-OH is 1. The van der Waals surface area contributed by atoms with Gasteiger partial charge in [0, 0.05) is 5.02 Å². The molecule has 0 aliphatic carbocycles. The summed E-state index contributed by atoms with van der Waals surface area (Å²) in [7, 11) is 0. The molecular formula is C9H10ClF2NO. The van der Waals surface area contributed by atoms with Crippen LogP contribution < -0.4 is 5.73 Å². The third kappa shape index (κ3) is 2.20. The number of alkyl halides is 2. The molecule has 1 aromatic rings. The highest BCUT2D eigenvalue weighted by molar-refractivity contribution is 6.31. The Kier molecular flexibility index (Phi) is 3.42. The Hall–Kier alpha value is -0.710. The molecule has 0 radical (unpaired) electrons. The van der Waals surface area contributed by atoms with Crippen LogP contribution in [-0.4, -0.2) is 17.6 Å². The molecule has 0 fully saturated rings. The van der Waals surface area contributed by atoms with Crippen LogP contribution in [-0.2, 0) is 0 Å². The van der Waals surface area contributed by atoms with Crippen LogP contribution in [0.25, 0.3) is 0 Å². The van der Waals surface area contributed by atoms with Gasteiger partial charge in [0.25, 0.3) is 5.92 Å². The third-order valence-electron chi connectivity index (χ3n) is 1.91. The van der Waals surface area contributed by atoms with E-state index in [0.29, 0.717) is 0 Å². The van der Waals surface area contributed by atoms with E-state index in [1.807, 2.05) is 0 Å². The van der Waals surface area contributed by atoms with Crippen LogP contribution >= 0.6 is 11.6 Å². The monoisotopic (exact) mass is 221 g/mol. The van der Waals surface area contributed by atoms with Gasteiger partial charge in [-0.3, -0.25) is 0 Å². The number of hydrogen-bond donors (Lipinski definition) is 2. The molecule has 14 heavy (non-hydrogen) atoms. The first-order valence-corrected chi connectivity index (χ1v) is 4.35. The lowest BCUT2D eigenvalue weighted by Crippen LogP contribution is -2.36. The number of rotatable bonds is 3. The molecule has 0 aromatic heterocycles. The fraction of sp³-hybridized carbons (Fsp3) is 0.333. The summed E-state index contributed by atoms with van der Waals surface area (Å²) in [5.74, 6) is -3.36. The minimum atomic E-state index is -3.36. The average molecular weight is 222 g/mol. The SMILES string of the molecule is N[C@H](c1ccccc1Cl)C(F)(F)CO. The van der Waals surface area contributed by atoms with E-state index in [9.17, 15) is 8.78 Å². The van der Waals surface area contributed by atoms with Crippen molar-refractivity contribution in [3.8, 4) is 0 Å². The maximum atomic E-state index is 13.0. The number of aliphatic hydroxyl groups is 1. The van der Waals surface area contributed by atoms with Crippen molar-refractivity contribution in [2.45, 2.75) is 12.0 Å². The minimum Gasteiger partial charge on any atom is -0.390 e. The van der Waals surface area contributed by atoms with Gasteiger partial charge < -0.3 is 10.8 Å². The molecule has 2 nitrogen and oxygen atoms in total. The summed E-state index contributed by atoms with van der Waals surface area (Å²) in [6.07, 6.45) is 0. The van der Waals surface area contributed by atoms with Crippen LogP contribution in [0.2, 0.25) is 5.02 Å². The number of benzene rings is 1. The van der Waals surface area contributed by atoms with Gasteiger partial charge in [-0.2, -0.15) is 0 Å². The molecule has 0 saturated carbocycles. The molecule has 0 aliphatic heterocycles. The minimum absolute atomic E-state index is 0.133. The molecule has 5 heteroatoms. The third-order valence-corrected chi connectivity index (χ3v) is 2.25. The van der Waals surface area contributed by atoms with Gasteiger partial charge in [-0.15, -0.1) is 0 Å². The van der Waals surface area contributed by atoms with Crippen molar-refractivity contribution < 1.29 is 13.9 Å². The summed E-state index contributed by atoms with van der Waals surface area (Å²) < 4.78 is 26.0. The van der Waals surface area contributed by atoms with Gasteiger partial charge in [0.2, 0.25) is 0 Å². The molecule has 3 N–H and O–H groups in total. The van der Waals surface area contributed by atoms with E-state index in [2.05, 4.69) is 0 Å². The Balaban J connectivity index is 3.00. The topological polar surface area (TPSA) is 46.2 Å². The zero-order chi connectivity index (χ0) is 10.8. The van der Waals surface area contributed by atoms with Gasteiger partial charge in [-0.25, -0.2) is 8.78 Å². The zero-order valence-corrected chi connectivity index (χ0v) is 8.01. The van der Waals surface area contributed by atoms with Crippen molar-refractivity contribution in [2.75, 3.05) is 6.61 Å². The summed E-state index contributed by atoms with van der Waals surface area (Å²) in [6.45, 7) is -1.29. The van der Waals surface area contributed by atoms with E-state index in [4.69, 9.17) is 22.4 Å². The van der Waals surface area contributed by atoms with Crippen LogP contribution in [0.1, 0.15) is 11.6 Å². The van der Waals surface area contributed by atoms with Crippen molar-refractivity contribution in [1.82, 2.24) is 0 Å². The number of hydrogen-bond acceptors (Lipinski definition) is 2. The maximum absolute atomic E-state index is 13.0. The molecule has 1 atom stereocenters. The van der Waals surface area contributed by atoms with E-state index in [1.54, 1.807) is 12.1 Å². The lowest BCUT2D eigenvalue weighted by Gasteiger charge is -2.22. The Morgan fingerprint density at radius 2 is 2.00 bits per heavy atom. The van der Waals surface area contributed by atoms with Gasteiger partial charge in [0.1, 0.15) is 6.61 Å². The molecule has 0 unspecified atom stereocenters. The Labute approximate surface area is 85.3 Å². The normalized spacial score (nSPS) is 14.1. The van der Waals surface area contributed by atoms with E-state index in [-0.39, 0.29) is 10.6 Å². The second-order valence-electron chi connectivity index (χ2n) is 2.92. The van der Waals surface area contributed by atoms with Gasteiger partial charge in [0.15, 0.2) is 0 Å². The van der Waals surface area contributed by atoms with Gasteiger partial charge in [0.05, 0.1) is 6.04 Å². The Bertz CT molecular complexity index is 319. The molecule has 78 valence electrons. The van der Waals surface area contributed by atoms with E-state index < -0.39 is 18.6 Å². The highest BCUT2D eigenvalue weighted by Gasteiger charge is 2.38. The molecule has 0 aliphatic rings. The average Bonchev–Trinajstić information content (AvgIpc) is 2.17. The summed E-state index contributed by atoms with van der Waals surface area (Å²) in [4.78, 5) is 0. The van der Waals surface area contributed by atoms with Crippen molar-refractivity contribution >= 4 is 11.6 Å². The number of nitrogens with two attached hydrogens (primary N) is 1. The lowest BCUT2D eigenvalue weighted by atomic mass is 10.0. The maximum Gasteiger partial charge on any atom is 0.289 e. The van der Waals surface area contributed by atoms with E-state index >= 15 is 0 Å². The first-order valence-electron chi connectivity index (χ1n) is 3.97. The molecule has 1 rings (SSSR count). The predicted molar refractivity (Wildman–Crippen MR) is 50.4 cm³/mol. The van der Waals surface area contributed by atoms with Crippen LogP contribution in [0, 0.1) is 0 Å². The fourth-order valence-corrected chi connectivity index (χ4v) is 1.31. The van der Waals surface area contributed by atoms with Crippen molar-refractivity contribution in [3.63, 3.8) is 0 Å². The largest absolute Gasteiger partial charge is 0.390 e. The molecule has 0 saturated heterocycles. The Morgan fingerprint density at radius 1 is 1.43 bits per heavy atom.